The van der Waals surface area contributed by atoms with Gasteiger partial charge in [0.15, 0.2) is 0 Å². The van der Waals surface area contributed by atoms with E-state index in [1.807, 2.05) is 36.5 Å². The molecule has 0 aliphatic carbocycles. The Morgan fingerprint density at radius 1 is 0.356 bits per heavy atom. The summed E-state index contributed by atoms with van der Waals surface area (Å²) >= 11 is 0. The number of hydrogen-bond acceptors (Lipinski definition) is 4. The van der Waals surface area contributed by atoms with Crippen LogP contribution < -0.4 is 4.74 Å². The molecule has 0 spiro atoms. The van der Waals surface area contributed by atoms with Crippen LogP contribution >= 0.6 is 0 Å². The highest BCUT2D eigenvalue weighted by molar-refractivity contribution is 6.14. The minimum absolute atomic E-state index is 0.703. The van der Waals surface area contributed by atoms with Crippen LogP contribution in [0.4, 0.5) is 0 Å². The lowest BCUT2D eigenvalue weighted by atomic mass is 10.0. The van der Waals surface area contributed by atoms with Gasteiger partial charge in [0, 0.05) is 50.0 Å². The second-order valence-corrected chi connectivity index (χ2v) is 14.8. The Labute approximate surface area is 338 Å². The first-order valence-corrected chi connectivity index (χ1v) is 19.8. The van der Waals surface area contributed by atoms with E-state index < -0.39 is 0 Å². The molecule has 12 rings (SSSR count). The number of aromatic nitrogens is 5. The number of hydrogen-bond donors (Lipinski definition) is 0. The third-order valence-electron chi connectivity index (χ3n) is 11.4. The summed E-state index contributed by atoms with van der Waals surface area (Å²) in [5.74, 6) is 1.42. The number of para-hydroxylation sites is 1. The molecule has 5 heterocycles. The fraction of sp³-hybridized carbons (Fsp3) is 0. The maximum atomic E-state index is 6.83. The van der Waals surface area contributed by atoms with Gasteiger partial charge < -0.3 is 4.74 Å². The molecule has 0 aliphatic heterocycles. The fourth-order valence-electron chi connectivity index (χ4n) is 8.79. The third kappa shape index (κ3) is 5.24. The second kappa shape index (κ2) is 13.3. The first-order valence-electron chi connectivity index (χ1n) is 19.8. The first kappa shape index (κ1) is 33.1. The Morgan fingerprint density at radius 2 is 0.814 bits per heavy atom. The van der Waals surface area contributed by atoms with Crippen LogP contribution in [0.25, 0.3) is 99.8 Å². The maximum Gasteiger partial charge on any atom is 0.146 e. The van der Waals surface area contributed by atoms with Crippen LogP contribution in [0, 0.1) is 0 Å². The lowest BCUT2D eigenvalue weighted by Crippen LogP contribution is -1.96. The van der Waals surface area contributed by atoms with Gasteiger partial charge in [0.05, 0.1) is 39.3 Å². The Bertz CT molecular complexity index is 3320. The summed E-state index contributed by atoms with van der Waals surface area (Å²) in [6, 6.07) is 67.2. The summed E-state index contributed by atoms with van der Waals surface area (Å²) in [5, 5.41) is 5.23. The van der Waals surface area contributed by atoms with Gasteiger partial charge in [-0.25, -0.2) is 9.97 Å². The predicted octanol–water partition coefficient (Wildman–Crippen LogP) is 13.5. The Morgan fingerprint density at radius 3 is 1.39 bits per heavy atom. The third-order valence-corrected chi connectivity index (χ3v) is 11.4. The SMILES string of the molecule is c1ccc(-c2nc3c4cc(Oc5ccc6c(c5)c5nc(-c7ccccc7)c(-c7ccccc7)n5c5cccnc65)ccc4c4ccccc4n3c2-c2ccccc2)cc1. The van der Waals surface area contributed by atoms with E-state index in [9.17, 15) is 0 Å². The molecule has 5 aromatic heterocycles. The average molecular weight is 756 g/mol. The molecule has 0 saturated heterocycles. The summed E-state index contributed by atoms with van der Waals surface area (Å²) < 4.78 is 11.4. The molecule has 0 amide bonds. The van der Waals surface area contributed by atoms with Crippen molar-refractivity contribution in [3.63, 3.8) is 0 Å². The van der Waals surface area contributed by atoms with Gasteiger partial charge in [-0.1, -0.05) is 140 Å². The van der Waals surface area contributed by atoms with E-state index in [1.54, 1.807) is 0 Å². The molecule has 6 heteroatoms. The summed E-state index contributed by atoms with van der Waals surface area (Å²) in [5.41, 5.74) is 12.9. The number of rotatable bonds is 6. The van der Waals surface area contributed by atoms with Gasteiger partial charge in [0.1, 0.15) is 22.8 Å². The summed E-state index contributed by atoms with van der Waals surface area (Å²) in [6.07, 6.45) is 1.86. The van der Waals surface area contributed by atoms with Crippen molar-refractivity contribution in [2.24, 2.45) is 0 Å². The van der Waals surface area contributed by atoms with Gasteiger partial charge in [-0.15, -0.1) is 0 Å². The van der Waals surface area contributed by atoms with Crippen LogP contribution in [0.3, 0.4) is 0 Å². The van der Waals surface area contributed by atoms with Gasteiger partial charge in [-0.3, -0.25) is 13.8 Å². The van der Waals surface area contributed by atoms with Crippen molar-refractivity contribution >= 4 is 54.8 Å². The van der Waals surface area contributed by atoms with Gasteiger partial charge in [0.2, 0.25) is 0 Å². The van der Waals surface area contributed by atoms with Gasteiger partial charge in [0.25, 0.3) is 0 Å². The van der Waals surface area contributed by atoms with E-state index in [2.05, 4.69) is 173 Å². The number of imidazole rings is 2. The molecule has 6 nitrogen and oxygen atoms in total. The van der Waals surface area contributed by atoms with Crippen molar-refractivity contribution in [1.29, 1.82) is 0 Å². The zero-order chi connectivity index (χ0) is 38.9. The van der Waals surface area contributed by atoms with Crippen molar-refractivity contribution < 1.29 is 4.74 Å². The van der Waals surface area contributed by atoms with Gasteiger partial charge >= 0.3 is 0 Å². The maximum absolute atomic E-state index is 6.83. The Kier molecular flexibility index (Phi) is 7.43. The molecule has 0 aliphatic rings. The molecule has 7 aromatic carbocycles. The van der Waals surface area contributed by atoms with E-state index in [4.69, 9.17) is 19.7 Å². The minimum atomic E-state index is 0.703. The lowest BCUT2D eigenvalue weighted by molar-refractivity contribution is 0.484. The van der Waals surface area contributed by atoms with Crippen molar-refractivity contribution in [3.8, 4) is 56.5 Å². The highest BCUT2D eigenvalue weighted by atomic mass is 16.5. The monoisotopic (exact) mass is 755 g/mol. The molecule has 0 bridgehead atoms. The lowest BCUT2D eigenvalue weighted by Gasteiger charge is -2.14. The largest absolute Gasteiger partial charge is 0.457 e. The highest BCUT2D eigenvalue weighted by Crippen LogP contribution is 2.42. The summed E-state index contributed by atoms with van der Waals surface area (Å²) in [4.78, 5) is 15.8. The van der Waals surface area contributed by atoms with Crippen LogP contribution in [0.1, 0.15) is 0 Å². The topological polar surface area (TPSA) is 56.7 Å². The quantitative estimate of drug-likeness (QED) is 0.159. The molecule has 0 unspecified atom stereocenters. The Hall–Kier alpha value is -8.09. The molecular formula is C53H33N5O. The van der Waals surface area contributed by atoms with Gasteiger partial charge in [-0.05, 0) is 60.0 Å². The second-order valence-electron chi connectivity index (χ2n) is 14.8. The van der Waals surface area contributed by atoms with Crippen LogP contribution in [0.15, 0.2) is 200 Å². The van der Waals surface area contributed by atoms with E-state index in [1.165, 1.54) is 0 Å². The van der Waals surface area contributed by atoms with E-state index in [0.29, 0.717) is 11.5 Å². The molecular weight excluding hydrogens is 723 g/mol. The summed E-state index contributed by atoms with van der Waals surface area (Å²) in [7, 11) is 0. The fourth-order valence-corrected chi connectivity index (χ4v) is 8.79. The van der Waals surface area contributed by atoms with Crippen molar-refractivity contribution in [2.75, 3.05) is 0 Å². The zero-order valence-corrected chi connectivity index (χ0v) is 31.7. The van der Waals surface area contributed by atoms with Crippen molar-refractivity contribution in [1.82, 2.24) is 23.8 Å². The smallest absolute Gasteiger partial charge is 0.146 e. The molecule has 276 valence electrons. The number of pyridine rings is 3. The van der Waals surface area contributed by atoms with E-state index >= 15 is 0 Å². The number of ether oxygens (including phenoxy) is 1. The van der Waals surface area contributed by atoms with Crippen LogP contribution in [-0.4, -0.2) is 23.8 Å². The van der Waals surface area contributed by atoms with Crippen LogP contribution in [-0.2, 0) is 0 Å². The molecule has 59 heavy (non-hydrogen) atoms. The van der Waals surface area contributed by atoms with E-state index in [-0.39, 0.29) is 0 Å². The molecule has 12 aromatic rings. The average Bonchev–Trinajstić information content (AvgIpc) is 3.92. The minimum Gasteiger partial charge on any atom is -0.457 e. The van der Waals surface area contributed by atoms with E-state index in [0.717, 1.165) is 99.8 Å². The highest BCUT2D eigenvalue weighted by Gasteiger charge is 2.23. The molecule has 0 N–H and O–H groups in total. The van der Waals surface area contributed by atoms with Crippen LogP contribution in [0.5, 0.6) is 11.5 Å². The van der Waals surface area contributed by atoms with Crippen molar-refractivity contribution in [2.45, 2.75) is 0 Å². The first-order chi connectivity index (χ1) is 29.3. The molecule has 0 radical (unpaired) electrons. The molecule has 0 fully saturated rings. The zero-order valence-electron chi connectivity index (χ0n) is 31.7. The standard InChI is InChI=1S/C53H33N5O/c1-5-16-34(17-6-1)47-50(36-20-9-3-10-21-36)57-45-25-14-13-24-41(45)40-29-27-38(32-43(40)52(57)55-47)59-39-28-30-42-44(33-39)53-56-48(35-18-7-2-8-19-35)51(37-22-11-4-12-23-37)58(53)46-26-15-31-54-49(42)46/h1-33H. The van der Waals surface area contributed by atoms with Crippen LogP contribution in [0.2, 0.25) is 0 Å². The van der Waals surface area contributed by atoms with Crippen molar-refractivity contribution in [3.05, 3.63) is 200 Å². The normalized spacial score (nSPS) is 11.7. The predicted molar refractivity (Wildman–Crippen MR) is 240 cm³/mol. The molecule has 0 saturated carbocycles. The Balaban J connectivity index is 1.08. The van der Waals surface area contributed by atoms with Gasteiger partial charge in [-0.2, -0.15) is 0 Å². The summed E-state index contributed by atoms with van der Waals surface area (Å²) in [6.45, 7) is 0. The number of fused-ring (bicyclic) bond motifs is 12. The number of nitrogens with zero attached hydrogens (tertiary/aromatic N) is 5. The molecule has 0 atom stereocenters. The number of benzene rings is 7.